The van der Waals surface area contributed by atoms with Gasteiger partial charge in [0.2, 0.25) is 0 Å². The average molecular weight is 295 g/mol. The number of rotatable bonds is 2. The van der Waals surface area contributed by atoms with Gasteiger partial charge in [-0.3, -0.25) is 4.79 Å². The first kappa shape index (κ1) is 15.3. The Balaban J connectivity index is 1.60. The van der Waals surface area contributed by atoms with Gasteiger partial charge in [0.15, 0.2) is 0 Å². The quantitative estimate of drug-likeness (QED) is 0.820. The molecule has 2 N–H and O–H groups in total. The van der Waals surface area contributed by atoms with Gasteiger partial charge in [-0.05, 0) is 38.0 Å². The molecule has 120 valence electrons. The predicted octanol–water partition coefficient (Wildman–Crippen LogP) is 2.08. The van der Waals surface area contributed by atoms with Crippen molar-refractivity contribution in [3.63, 3.8) is 0 Å². The number of aliphatic hydroxyl groups excluding tert-OH is 1. The Bertz CT molecular complexity index is 380. The highest BCUT2D eigenvalue weighted by molar-refractivity contribution is 5.81. The van der Waals surface area contributed by atoms with Crippen LogP contribution in [0.3, 0.4) is 0 Å². The van der Waals surface area contributed by atoms with E-state index >= 15 is 0 Å². The van der Waals surface area contributed by atoms with Gasteiger partial charge in [0.05, 0.1) is 5.60 Å². The molecule has 0 bridgehead atoms. The molecule has 0 aromatic carbocycles. The molecule has 3 fully saturated rings. The van der Waals surface area contributed by atoms with Crippen molar-refractivity contribution in [3.05, 3.63) is 0 Å². The van der Waals surface area contributed by atoms with Crippen molar-refractivity contribution in [1.82, 2.24) is 4.90 Å². The molecular formula is C17H29NO3. The number of likely N-dealkylation sites (tertiary alicyclic amines) is 1. The lowest BCUT2D eigenvalue weighted by atomic mass is 9.71. The summed E-state index contributed by atoms with van der Waals surface area (Å²) in [4.78, 5) is 14.4. The van der Waals surface area contributed by atoms with Gasteiger partial charge in [-0.1, -0.05) is 32.1 Å². The molecule has 1 aliphatic heterocycles. The second-order valence-corrected chi connectivity index (χ2v) is 7.42. The Kier molecular flexibility index (Phi) is 4.55. The summed E-state index contributed by atoms with van der Waals surface area (Å²) in [6.07, 6.45) is 9.48. The van der Waals surface area contributed by atoms with Crippen molar-refractivity contribution in [2.75, 3.05) is 13.1 Å². The van der Waals surface area contributed by atoms with Crippen LogP contribution in [0.5, 0.6) is 0 Å². The van der Waals surface area contributed by atoms with Crippen LogP contribution >= 0.6 is 0 Å². The minimum Gasteiger partial charge on any atom is -0.389 e. The molecule has 4 nitrogen and oxygen atoms in total. The standard InChI is InChI=1S/C17H29NO3/c19-15(13-6-2-1-3-7-13)16(20)18-11-10-17(21)9-5-4-8-14(17)12-18/h13-15,19,21H,1-12H2. The van der Waals surface area contributed by atoms with E-state index in [0.717, 1.165) is 51.4 Å². The van der Waals surface area contributed by atoms with Gasteiger partial charge in [-0.25, -0.2) is 0 Å². The summed E-state index contributed by atoms with van der Waals surface area (Å²) in [7, 11) is 0. The van der Waals surface area contributed by atoms with Crippen molar-refractivity contribution in [3.8, 4) is 0 Å². The molecule has 1 saturated heterocycles. The van der Waals surface area contributed by atoms with E-state index in [9.17, 15) is 15.0 Å². The lowest BCUT2D eigenvalue weighted by Crippen LogP contribution is -2.56. The van der Waals surface area contributed by atoms with Crippen molar-refractivity contribution >= 4 is 5.91 Å². The summed E-state index contributed by atoms with van der Waals surface area (Å²) in [5.41, 5.74) is -0.551. The van der Waals surface area contributed by atoms with E-state index in [1.807, 2.05) is 4.90 Å². The molecule has 0 spiro atoms. The first-order valence-corrected chi connectivity index (χ1v) is 8.79. The number of carbonyl (C=O) groups is 1. The number of amides is 1. The molecule has 0 radical (unpaired) electrons. The fraction of sp³-hybridized carbons (Fsp3) is 0.941. The smallest absolute Gasteiger partial charge is 0.251 e. The molecule has 3 atom stereocenters. The highest BCUT2D eigenvalue weighted by atomic mass is 16.3. The summed E-state index contributed by atoms with van der Waals surface area (Å²) >= 11 is 0. The van der Waals surface area contributed by atoms with Gasteiger partial charge in [-0.15, -0.1) is 0 Å². The number of fused-ring (bicyclic) bond motifs is 1. The Hall–Kier alpha value is -0.610. The monoisotopic (exact) mass is 295 g/mol. The topological polar surface area (TPSA) is 60.8 Å². The minimum atomic E-state index is -0.819. The van der Waals surface area contributed by atoms with Crippen LogP contribution in [0.15, 0.2) is 0 Å². The summed E-state index contributed by atoms with van der Waals surface area (Å²) in [5.74, 6) is 0.274. The van der Waals surface area contributed by atoms with Crippen LogP contribution in [-0.4, -0.2) is 45.8 Å². The first-order valence-electron chi connectivity index (χ1n) is 8.79. The second-order valence-electron chi connectivity index (χ2n) is 7.42. The maximum Gasteiger partial charge on any atom is 0.251 e. The van der Waals surface area contributed by atoms with Crippen molar-refractivity contribution in [1.29, 1.82) is 0 Å². The van der Waals surface area contributed by atoms with E-state index in [1.165, 1.54) is 6.42 Å². The molecule has 1 heterocycles. The van der Waals surface area contributed by atoms with Crippen LogP contribution < -0.4 is 0 Å². The van der Waals surface area contributed by atoms with E-state index in [0.29, 0.717) is 19.5 Å². The Labute approximate surface area is 127 Å². The molecule has 3 rings (SSSR count). The van der Waals surface area contributed by atoms with Crippen LogP contribution in [-0.2, 0) is 4.79 Å². The maximum atomic E-state index is 12.6. The molecular weight excluding hydrogens is 266 g/mol. The Morgan fingerprint density at radius 3 is 2.52 bits per heavy atom. The minimum absolute atomic E-state index is 0.0884. The van der Waals surface area contributed by atoms with Gasteiger partial charge in [0.1, 0.15) is 6.10 Å². The number of hydrogen-bond donors (Lipinski definition) is 2. The third-order valence-corrected chi connectivity index (χ3v) is 6.09. The number of aliphatic hydroxyl groups is 2. The number of nitrogens with zero attached hydrogens (tertiary/aromatic N) is 1. The first-order chi connectivity index (χ1) is 10.1. The van der Waals surface area contributed by atoms with Crippen LogP contribution in [0, 0.1) is 11.8 Å². The average Bonchev–Trinajstić information content (AvgIpc) is 2.53. The summed E-state index contributed by atoms with van der Waals surface area (Å²) < 4.78 is 0. The third kappa shape index (κ3) is 3.11. The van der Waals surface area contributed by atoms with Crippen LogP contribution in [0.1, 0.15) is 64.2 Å². The zero-order valence-corrected chi connectivity index (χ0v) is 13.0. The normalized spacial score (nSPS) is 36.1. The Morgan fingerprint density at radius 1 is 1.05 bits per heavy atom. The highest BCUT2D eigenvalue weighted by Gasteiger charge is 2.45. The van der Waals surface area contributed by atoms with Gasteiger partial charge in [0.25, 0.3) is 5.91 Å². The van der Waals surface area contributed by atoms with Gasteiger partial charge < -0.3 is 15.1 Å². The van der Waals surface area contributed by atoms with Gasteiger partial charge in [0, 0.05) is 19.0 Å². The molecule has 3 unspecified atom stereocenters. The summed E-state index contributed by atoms with van der Waals surface area (Å²) in [6.45, 7) is 1.24. The Morgan fingerprint density at radius 2 is 1.76 bits per heavy atom. The zero-order valence-electron chi connectivity index (χ0n) is 13.0. The fourth-order valence-electron chi connectivity index (χ4n) is 4.61. The number of hydrogen-bond acceptors (Lipinski definition) is 3. The summed E-state index contributed by atoms with van der Waals surface area (Å²) in [5, 5.41) is 21.1. The molecule has 0 aromatic heterocycles. The lowest BCUT2D eigenvalue weighted by Gasteiger charge is -2.48. The third-order valence-electron chi connectivity index (χ3n) is 6.09. The van der Waals surface area contributed by atoms with Crippen molar-refractivity contribution in [2.45, 2.75) is 75.9 Å². The van der Waals surface area contributed by atoms with Crippen molar-refractivity contribution in [2.24, 2.45) is 11.8 Å². The lowest BCUT2D eigenvalue weighted by molar-refractivity contribution is -0.154. The van der Waals surface area contributed by atoms with E-state index in [-0.39, 0.29) is 17.7 Å². The van der Waals surface area contributed by atoms with Crippen LogP contribution in [0.2, 0.25) is 0 Å². The van der Waals surface area contributed by atoms with Crippen LogP contribution in [0.25, 0.3) is 0 Å². The van der Waals surface area contributed by atoms with E-state index in [4.69, 9.17) is 0 Å². The van der Waals surface area contributed by atoms with Crippen molar-refractivity contribution < 1.29 is 15.0 Å². The zero-order chi connectivity index (χ0) is 14.9. The highest BCUT2D eigenvalue weighted by Crippen LogP contribution is 2.40. The molecule has 2 saturated carbocycles. The fourth-order valence-corrected chi connectivity index (χ4v) is 4.61. The van der Waals surface area contributed by atoms with E-state index < -0.39 is 11.7 Å². The van der Waals surface area contributed by atoms with E-state index in [1.54, 1.807) is 0 Å². The SMILES string of the molecule is O=C(C(O)C1CCCCC1)N1CCC2(O)CCCCC2C1. The molecule has 21 heavy (non-hydrogen) atoms. The van der Waals surface area contributed by atoms with Crippen LogP contribution in [0.4, 0.5) is 0 Å². The van der Waals surface area contributed by atoms with Gasteiger partial charge >= 0.3 is 0 Å². The van der Waals surface area contributed by atoms with Gasteiger partial charge in [-0.2, -0.15) is 0 Å². The maximum absolute atomic E-state index is 12.6. The molecule has 4 heteroatoms. The molecule has 1 amide bonds. The molecule has 2 aliphatic carbocycles. The number of carbonyl (C=O) groups excluding carboxylic acids is 1. The van der Waals surface area contributed by atoms with E-state index in [2.05, 4.69) is 0 Å². The molecule has 3 aliphatic rings. The number of piperidine rings is 1. The largest absolute Gasteiger partial charge is 0.389 e. The summed E-state index contributed by atoms with van der Waals surface area (Å²) in [6, 6.07) is 0. The second kappa shape index (κ2) is 6.25. The molecule has 0 aromatic rings. The predicted molar refractivity (Wildman–Crippen MR) is 80.7 cm³/mol.